The first-order chi connectivity index (χ1) is 8.63. The van der Waals surface area contributed by atoms with Gasteiger partial charge in [-0.15, -0.1) is 5.10 Å². The van der Waals surface area contributed by atoms with Gasteiger partial charge < -0.3 is 0 Å². The fraction of sp³-hybridized carbons (Fsp3) is 0.250. The van der Waals surface area contributed by atoms with Crippen LogP contribution in [0.25, 0.3) is 0 Å². The Bertz CT molecular complexity index is 583. The van der Waals surface area contributed by atoms with E-state index in [1.165, 1.54) is 6.07 Å². The Hall–Kier alpha value is -1.69. The Morgan fingerprint density at radius 3 is 2.78 bits per heavy atom. The smallest absolute Gasteiger partial charge is 0.206 e. The van der Waals surface area contributed by atoms with Crippen LogP contribution in [0, 0.1) is 11.6 Å². The number of hydrogen-bond acceptors (Lipinski definition) is 4. The summed E-state index contributed by atoms with van der Waals surface area (Å²) in [7, 11) is 0. The van der Waals surface area contributed by atoms with Gasteiger partial charge >= 0.3 is 0 Å². The molecule has 1 heterocycles. The molecule has 0 atom stereocenters. The maximum atomic E-state index is 13.1. The molecule has 1 aromatic heterocycles. The number of benzene rings is 1. The van der Waals surface area contributed by atoms with Crippen molar-refractivity contribution in [2.24, 2.45) is 0 Å². The summed E-state index contributed by atoms with van der Waals surface area (Å²) in [5, 5.41) is 3.87. The molecular weight excluding hydrogens is 258 g/mol. The quantitative estimate of drug-likeness (QED) is 0.800. The van der Waals surface area contributed by atoms with E-state index in [2.05, 4.69) is 9.59 Å². The minimum Gasteiger partial charge on any atom is -0.288 e. The lowest BCUT2D eigenvalue weighted by molar-refractivity contribution is 0.104. The van der Waals surface area contributed by atoms with Gasteiger partial charge in [-0.1, -0.05) is 17.8 Å². The lowest BCUT2D eigenvalue weighted by Crippen LogP contribution is -2.04. The molecule has 0 bridgehead atoms. The molecule has 3 nitrogen and oxygen atoms in total. The van der Waals surface area contributed by atoms with E-state index in [0.717, 1.165) is 30.1 Å². The topological polar surface area (TPSA) is 42.9 Å². The molecule has 6 heteroatoms. The van der Waals surface area contributed by atoms with Crippen LogP contribution in [0.15, 0.2) is 18.2 Å². The van der Waals surface area contributed by atoms with E-state index in [-0.39, 0.29) is 11.3 Å². The maximum absolute atomic E-state index is 13.1. The number of carbonyl (C=O) groups excluding carboxylic acids is 1. The van der Waals surface area contributed by atoms with Crippen molar-refractivity contribution in [1.82, 2.24) is 9.59 Å². The van der Waals surface area contributed by atoms with Gasteiger partial charge in [-0.25, -0.2) is 8.78 Å². The van der Waals surface area contributed by atoms with Gasteiger partial charge in [0.25, 0.3) is 0 Å². The van der Waals surface area contributed by atoms with E-state index in [1.54, 1.807) is 0 Å². The minimum absolute atomic E-state index is 0.109. The second-order valence-corrected chi connectivity index (χ2v) is 4.51. The largest absolute Gasteiger partial charge is 0.288 e. The van der Waals surface area contributed by atoms with Crippen LogP contribution in [0.5, 0.6) is 0 Å². The third-order valence-corrected chi connectivity index (χ3v) is 3.20. The Labute approximate surface area is 107 Å². The van der Waals surface area contributed by atoms with Gasteiger partial charge in [0.2, 0.25) is 5.78 Å². The van der Waals surface area contributed by atoms with Gasteiger partial charge in [0.1, 0.15) is 4.88 Å². The molecule has 0 fully saturated rings. The number of hydrogen-bond donors (Lipinski definition) is 0. The van der Waals surface area contributed by atoms with Crippen LogP contribution in [0.2, 0.25) is 0 Å². The Morgan fingerprint density at radius 2 is 2.11 bits per heavy atom. The van der Waals surface area contributed by atoms with E-state index in [0.29, 0.717) is 17.0 Å². The molecular formula is C12H10F2N2OS. The Balaban J connectivity index is 2.35. The molecule has 2 rings (SSSR count). The highest BCUT2D eigenvalue weighted by atomic mass is 32.1. The summed E-state index contributed by atoms with van der Waals surface area (Å²) < 4.78 is 29.6. The van der Waals surface area contributed by atoms with E-state index in [9.17, 15) is 13.6 Å². The zero-order valence-corrected chi connectivity index (χ0v) is 10.4. The van der Waals surface area contributed by atoms with Crippen LogP contribution < -0.4 is 0 Å². The first-order valence-corrected chi connectivity index (χ1v) is 6.21. The van der Waals surface area contributed by atoms with Crippen LogP contribution in [-0.4, -0.2) is 15.4 Å². The Kier molecular flexibility index (Phi) is 3.76. The number of aromatic nitrogens is 2. The third-order valence-electron chi connectivity index (χ3n) is 2.43. The molecule has 1 aromatic carbocycles. The maximum Gasteiger partial charge on any atom is 0.206 e. The van der Waals surface area contributed by atoms with Crippen LogP contribution in [0.3, 0.4) is 0 Å². The van der Waals surface area contributed by atoms with E-state index in [1.807, 2.05) is 6.92 Å². The molecule has 0 aliphatic rings. The number of carbonyl (C=O) groups is 1. The number of nitrogens with zero attached hydrogens (tertiary/aromatic N) is 2. The Morgan fingerprint density at radius 1 is 1.33 bits per heavy atom. The summed E-state index contributed by atoms with van der Waals surface area (Å²) in [6.45, 7) is 1.96. The number of halogens is 2. The first-order valence-electron chi connectivity index (χ1n) is 5.44. The average Bonchev–Trinajstić information content (AvgIpc) is 2.80. The van der Waals surface area contributed by atoms with Crippen molar-refractivity contribution in [3.8, 4) is 0 Å². The zero-order valence-electron chi connectivity index (χ0n) is 9.61. The predicted molar refractivity (Wildman–Crippen MR) is 63.7 cm³/mol. The molecule has 0 spiro atoms. The van der Waals surface area contributed by atoms with Crippen LogP contribution in [0.4, 0.5) is 8.78 Å². The summed E-state index contributed by atoms with van der Waals surface area (Å²) in [4.78, 5) is 12.5. The van der Waals surface area contributed by atoms with Crippen molar-refractivity contribution < 1.29 is 13.6 Å². The van der Waals surface area contributed by atoms with E-state index in [4.69, 9.17) is 0 Å². The highest BCUT2D eigenvalue weighted by molar-refractivity contribution is 7.08. The third kappa shape index (κ3) is 2.43. The van der Waals surface area contributed by atoms with Gasteiger partial charge in [0, 0.05) is 5.56 Å². The molecule has 2 aromatic rings. The van der Waals surface area contributed by atoms with E-state index >= 15 is 0 Å². The molecule has 0 N–H and O–H groups in total. The number of ketones is 1. The zero-order chi connectivity index (χ0) is 13.1. The molecule has 94 valence electrons. The van der Waals surface area contributed by atoms with Crippen molar-refractivity contribution in [3.05, 3.63) is 46.0 Å². The fourth-order valence-electron chi connectivity index (χ4n) is 1.55. The molecule has 0 saturated heterocycles. The molecule has 0 aliphatic carbocycles. The van der Waals surface area contributed by atoms with Gasteiger partial charge in [-0.2, -0.15) is 0 Å². The second kappa shape index (κ2) is 5.30. The SMILES string of the molecule is CCCc1nnsc1C(=O)c1ccc(F)c(F)c1. The van der Waals surface area contributed by atoms with Crippen molar-refractivity contribution in [3.63, 3.8) is 0 Å². The molecule has 0 radical (unpaired) electrons. The molecule has 0 aliphatic heterocycles. The minimum atomic E-state index is -1.03. The molecule has 0 saturated carbocycles. The van der Waals surface area contributed by atoms with Gasteiger partial charge in [0.15, 0.2) is 11.6 Å². The molecule has 18 heavy (non-hydrogen) atoms. The average molecular weight is 268 g/mol. The second-order valence-electron chi connectivity index (χ2n) is 3.76. The van der Waals surface area contributed by atoms with Gasteiger partial charge in [-0.3, -0.25) is 4.79 Å². The van der Waals surface area contributed by atoms with Gasteiger partial charge in [0.05, 0.1) is 5.69 Å². The fourth-order valence-corrected chi connectivity index (χ4v) is 2.22. The van der Waals surface area contributed by atoms with Crippen LogP contribution in [0.1, 0.15) is 34.3 Å². The highest BCUT2D eigenvalue weighted by Crippen LogP contribution is 2.19. The summed E-state index contributed by atoms with van der Waals surface area (Å²) in [6, 6.07) is 3.10. The standard InChI is InChI=1S/C12H10F2N2OS/c1-2-3-10-12(18-16-15-10)11(17)7-4-5-8(13)9(14)6-7/h4-6H,2-3H2,1H3. The van der Waals surface area contributed by atoms with Gasteiger partial charge in [-0.05, 0) is 36.2 Å². The van der Waals surface area contributed by atoms with Crippen molar-refractivity contribution in [1.29, 1.82) is 0 Å². The summed E-state index contributed by atoms with van der Waals surface area (Å²) >= 11 is 0.976. The summed E-state index contributed by atoms with van der Waals surface area (Å²) in [5.41, 5.74) is 0.717. The van der Waals surface area contributed by atoms with Crippen LogP contribution >= 0.6 is 11.5 Å². The normalized spacial score (nSPS) is 10.6. The van der Waals surface area contributed by atoms with Crippen molar-refractivity contribution in [2.75, 3.05) is 0 Å². The monoisotopic (exact) mass is 268 g/mol. The summed E-state index contributed by atoms with van der Waals surface area (Å²) in [5.74, 6) is -2.37. The van der Waals surface area contributed by atoms with Crippen LogP contribution in [-0.2, 0) is 6.42 Å². The van der Waals surface area contributed by atoms with Crippen molar-refractivity contribution in [2.45, 2.75) is 19.8 Å². The number of rotatable bonds is 4. The highest BCUT2D eigenvalue weighted by Gasteiger charge is 2.18. The lowest BCUT2D eigenvalue weighted by Gasteiger charge is -2.01. The molecule has 0 amide bonds. The first kappa shape index (κ1) is 12.8. The number of aryl methyl sites for hydroxylation is 1. The van der Waals surface area contributed by atoms with E-state index < -0.39 is 11.6 Å². The predicted octanol–water partition coefficient (Wildman–Crippen LogP) is 3.00. The summed E-state index contributed by atoms with van der Waals surface area (Å²) in [6.07, 6.45) is 1.48. The van der Waals surface area contributed by atoms with Crippen molar-refractivity contribution >= 4 is 17.3 Å². The lowest BCUT2D eigenvalue weighted by atomic mass is 10.1. The molecule has 0 unspecified atom stereocenters.